The van der Waals surface area contributed by atoms with Crippen molar-refractivity contribution in [1.29, 1.82) is 0 Å². The van der Waals surface area contributed by atoms with Crippen molar-refractivity contribution in [2.24, 2.45) is 4.99 Å². The molecule has 7 heteroatoms. The second kappa shape index (κ2) is 11.3. The Labute approximate surface area is 175 Å². The van der Waals surface area contributed by atoms with E-state index in [0.717, 1.165) is 31.8 Å². The predicted octanol–water partition coefficient (Wildman–Crippen LogP) is 2.91. The number of hydrogen-bond acceptors (Lipinski definition) is 3. The molecule has 1 spiro atoms. The third kappa shape index (κ3) is 7.21. The summed E-state index contributed by atoms with van der Waals surface area (Å²) in [5, 5.41) is 7.00. The van der Waals surface area contributed by atoms with Crippen LogP contribution in [0.25, 0.3) is 0 Å². The molecule has 1 amide bonds. The van der Waals surface area contributed by atoms with Gasteiger partial charge in [-0.05, 0) is 39.0 Å². The Morgan fingerprint density at radius 3 is 2.62 bits per heavy atom. The number of halogens is 1. The third-order valence-electron chi connectivity index (χ3n) is 5.47. The van der Waals surface area contributed by atoms with E-state index in [1.165, 1.54) is 32.1 Å². The molecular formula is C19H37IN4O2. The minimum Gasteiger partial charge on any atom is -0.375 e. The molecule has 0 radical (unpaired) electrons. The normalized spacial score (nSPS) is 23.7. The average molecular weight is 480 g/mol. The molecular weight excluding hydrogens is 443 g/mol. The molecule has 2 unspecified atom stereocenters. The lowest BCUT2D eigenvalue weighted by Crippen LogP contribution is -2.53. The van der Waals surface area contributed by atoms with E-state index in [-0.39, 0.29) is 42.0 Å². The monoisotopic (exact) mass is 480 g/mol. The highest BCUT2D eigenvalue weighted by atomic mass is 127. The molecule has 0 aromatic rings. The van der Waals surface area contributed by atoms with Crippen LogP contribution in [0, 0.1) is 0 Å². The minimum atomic E-state index is 0. The van der Waals surface area contributed by atoms with Crippen LogP contribution in [-0.2, 0) is 9.53 Å². The molecule has 2 aliphatic rings. The number of nitrogens with zero attached hydrogens (tertiary/aromatic N) is 2. The second-order valence-corrected chi connectivity index (χ2v) is 7.83. The molecule has 6 nitrogen and oxygen atoms in total. The summed E-state index contributed by atoms with van der Waals surface area (Å²) in [5.41, 5.74) is 0.0646. The van der Waals surface area contributed by atoms with Gasteiger partial charge in [0, 0.05) is 32.8 Å². The average Bonchev–Trinajstić information content (AvgIpc) is 2.59. The van der Waals surface area contributed by atoms with E-state index in [0.29, 0.717) is 12.1 Å². The third-order valence-corrected chi connectivity index (χ3v) is 5.47. The van der Waals surface area contributed by atoms with E-state index >= 15 is 0 Å². The SMILES string of the molecule is CCC(C)NC(=NCC(=O)N(C)C)NC1CCOC2(CCCCC2)C1.I. The van der Waals surface area contributed by atoms with Crippen molar-refractivity contribution in [2.45, 2.75) is 82.9 Å². The van der Waals surface area contributed by atoms with Crippen molar-refractivity contribution in [1.82, 2.24) is 15.5 Å². The summed E-state index contributed by atoms with van der Waals surface area (Å²) in [6.45, 7) is 5.27. The Kier molecular flexibility index (Phi) is 10.2. The van der Waals surface area contributed by atoms with Gasteiger partial charge in [-0.25, -0.2) is 4.99 Å². The van der Waals surface area contributed by atoms with Gasteiger partial charge in [-0.15, -0.1) is 24.0 Å². The van der Waals surface area contributed by atoms with Crippen molar-refractivity contribution in [3.8, 4) is 0 Å². The fraction of sp³-hybridized carbons (Fsp3) is 0.895. The van der Waals surface area contributed by atoms with Gasteiger partial charge in [0.25, 0.3) is 0 Å². The number of rotatable bonds is 5. The van der Waals surface area contributed by atoms with Crippen molar-refractivity contribution in [3.63, 3.8) is 0 Å². The summed E-state index contributed by atoms with van der Waals surface area (Å²) >= 11 is 0. The molecule has 1 saturated carbocycles. The lowest BCUT2D eigenvalue weighted by atomic mass is 9.78. The summed E-state index contributed by atoms with van der Waals surface area (Å²) in [4.78, 5) is 18.0. The van der Waals surface area contributed by atoms with Crippen LogP contribution in [0.1, 0.15) is 65.2 Å². The standard InChI is InChI=1S/C19H36N4O2.HI/c1-5-15(2)21-18(20-14-17(24)23(3)4)22-16-9-12-25-19(13-16)10-7-6-8-11-19;/h15-16H,5-14H2,1-4H3,(H2,20,21,22);1H. The van der Waals surface area contributed by atoms with E-state index < -0.39 is 0 Å². The number of nitrogens with one attached hydrogen (secondary N) is 2. The largest absolute Gasteiger partial charge is 0.375 e. The highest BCUT2D eigenvalue weighted by Crippen LogP contribution is 2.38. The van der Waals surface area contributed by atoms with Gasteiger partial charge in [0.2, 0.25) is 5.91 Å². The lowest BCUT2D eigenvalue weighted by molar-refractivity contribution is -0.127. The van der Waals surface area contributed by atoms with Gasteiger partial charge in [-0.1, -0.05) is 26.2 Å². The van der Waals surface area contributed by atoms with E-state index in [4.69, 9.17) is 4.74 Å². The van der Waals surface area contributed by atoms with Crippen LogP contribution in [0.5, 0.6) is 0 Å². The van der Waals surface area contributed by atoms with Crippen LogP contribution in [0.15, 0.2) is 4.99 Å². The highest BCUT2D eigenvalue weighted by Gasteiger charge is 2.38. The summed E-state index contributed by atoms with van der Waals surface area (Å²) in [5.74, 6) is 0.767. The molecule has 1 aliphatic heterocycles. The van der Waals surface area contributed by atoms with Gasteiger partial charge in [-0.3, -0.25) is 4.79 Å². The molecule has 2 atom stereocenters. The smallest absolute Gasteiger partial charge is 0.243 e. The van der Waals surface area contributed by atoms with Crippen LogP contribution in [0.4, 0.5) is 0 Å². The lowest BCUT2D eigenvalue weighted by Gasteiger charge is -2.44. The molecule has 1 aliphatic carbocycles. The molecule has 2 rings (SSSR count). The maximum atomic E-state index is 11.9. The molecule has 152 valence electrons. The van der Waals surface area contributed by atoms with Crippen molar-refractivity contribution in [3.05, 3.63) is 0 Å². The number of aliphatic imine (C=N–C) groups is 1. The number of carbonyl (C=O) groups excluding carboxylic acids is 1. The zero-order valence-corrected chi connectivity index (χ0v) is 19.2. The quantitative estimate of drug-likeness (QED) is 0.361. The zero-order chi connectivity index (χ0) is 18.3. The van der Waals surface area contributed by atoms with Gasteiger partial charge in [0.15, 0.2) is 5.96 Å². The zero-order valence-electron chi connectivity index (χ0n) is 16.8. The topological polar surface area (TPSA) is 66.0 Å². The fourth-order valence-corrected chi connectivity index (χ4v) is 3.65. The van der Waals surface area contributed by atoms with E-state index in [9.17, 15) is 4.79 Å². The number of carbonyl (C=O) groups is 1. The van der Waals surface area contributed by atoms with E-state index in [2.05, 4.69) is 29.5 Å². The van der Waals surface area contributed by atoms with E-state index in [1.54, 1.807) is 19.0 Å². The number of guanidine groups is 1. The van der Waals surface area contributed by atoms with Gasteiger partial charge in [0.1, 0.15) is 6.54 Å². The van der Waals surface area contributed by atoms with Crippen LogP contribution in [-0.4, -0.2) is 61.7 Å². The van der Waals surface area contributed by atoms with Gasteiger partial charge in [0.05, 0.1) is 5.60 Å². The van der Waals surface area contributed by atoms with Gasteiger partial charge >= 0.3 is 0 Å². The van der Waals surface area contributed by atoms with Gasteiger partial charge < -0.3 is 20.3 Å². The maximum Gasteiger partial charge on any atom is 0.243 e. The fourth-order valence-electron chi connectivity index (χ4n) is 3.65. The Morgan fingerprint density at radius 2 is 2.00 bits per heavy atom. The summed E-state index contributed by atoms with van der Waals surface area (Å²) < 4.78 is 6.19. The Bertz CT molecular complexity index is 459. The van der Waals surface area contributed by atoms with Crippen LogP contribution in [0.3, 0.4) is 0 Å². The molecule has 0 bridgehead atoms. The minimum absolute atomic E-state index is 0. The van der Waals surface area contributed by atoms with Crippen LogP contribution in [0.2, 0.25) is 0 Å². The van der Waals surface area contributed by atoms with Crippen molar-refractivity contribution in [2.75, 3.05) is 27.2 Å². The van der Waals surface area contributed by atoms with Crippen molar-refractivity contribution >= 4 is 35.8 Å². The Morgan fingerprint density at radius 1 is 1.31 bits per heavy atom. The van der Waals surface area contributed by atoms with Gasteiger partial charge in [-0.2, -0.15) is 0 Å². The summed E-state index contributed by atoms with van der Waals surface area (Å²) in [6, 6.07) is 0.681. The molecule has 1 saturated heterocycles. The van der Waals surface area contributed by atoms with Crippen molar-refractivity contribution < 1.29 is 9.53 Å². The maximum absolute atomic E-state index is 11.9. The first kappa shape index (κ1) is 23.5. The van der Waals surface area contributed by atoms with Crippen LogP contribution < -0.4 is 10.6 Å². The molecule has 0 aromatic heterocycles. The molecule has 2 fully saturated rings. The number of amides is 1. The Balaban J connectivity index is 0.00000338. The number of ether oxygens (including phenoxy) is 1. The molecule has 26 heavy (non-hydrogen) atoms. The summed E-state index contributed by atoms with van der Waals surface area (Å²) in [7, 11) is 3.52. The van der Waals surface area contributed by atoms with Crippen LogP contribution >= 0.6 is 24.0 Å². The first-order valence-corrected chi connectivity index (χ1v) is 9.86. The molecule has 0 aromatic carbocycles. The Hall–Kier alpha value is -0.570. The second-order valence-electron chi connectivity index (χ2n) is 7.83. The number of hydrogen-bond donors (Lipinski definition) is 2. The number of likely N-dealkylation sites (N-methyl/N-ethyl adjacent to an activating group) is 1. The van der Waals surface area contributed by atoms with E-state index in [1.807, 2.05) is 0 Å². The molecule has 1 heterocycles. The first-order chi connectivity index (χ1) is 11.9. The summed E-state index contributed by atoms with van der Waals surface area (Å²) in [6.07, 6.45) is 9.27. The first-order valence-electron chi connectivity index (χ1n) is 9.86. The predicted molar refractivity (Wildman–Crippen MR) is 117 cm³/mol. The highest BCUT2D eigenvalue weighted by molar-refractivity contribution is 14.0. The molecule has 2 N–H and O–H groups in total.